The molecule has 0 spiro atoms. The summed E-state index contributed by atoms with van der Waals surface area (Å²) in [6.07, 6.45) is 0.837. The monoisotopic (exact) mass is 422 g/mol. The summed E-state index contributed by atoms with van der Waals surface area (Å²) in [6.45, 7) is 2.56. The van der Waals surface area contributed by atoms with E-state index in [1.165, 1.54) is 21.3 Å². The van der Waals surface area contributed by atoms with Crippen molar-refractivity contribution >= 4 is 17.5 Å². The molecule has 2 fully saturated rings. The summed E-state index contributed by atoms with van der Waals surface area (Å²) in [5.74, 6) is 0.395. The van der Waals surface area contributed by atoms with Crippen LogP contribution in [0.5, 0.6) is 17.2 Å². The van der Waals surface area contributed by atoms with Gasteiger partial charge in [0.25, 0.3) is 0 Å². The van der Waals surface area contributed by atoms with Crippen molar-refractivity contribution in [1.29, 1.82) is 0 Å². The molecule has 2 saturated heterocycles. The Morgan fingerprint density at radius 2 is 1.83 bits per heavy atom. The fraction of sp³-hybridized carbons (Fsp3) is 0.600. The number of anilines is 1. The van der Waals surface area contributed by atoms with Crippen molar-refractivity contribution in [3.05, 3.63) is 12.1 Å². The van der Waals surface area contributed by atoms with Gasteiger partial charge >= 0.3 is 0 Å². The molecule has 1 aromatic rings. The molecular weight excluding hydrogens is 392 g/mol. The number of hydrogen-bond acceptors (Lipinski definition) is 8. The number of likely N-dealkylation sites (tertiary alicyclic amines) is 1. The summed E-state index contributed by atoms with van der Waals surface area (Å²) >= 11 is 0. The van der Waals surface area contributed by atoms with Crippen LogP contribution < -0.4 is 30.4 Å². The highest BCUT2D eigenvalue weighted by Gasteiger charge is 2.47. The molecule has 3 atom stereocenters. The number of amides is 2. The zero-order chi connectivity index (χ0) is 21.7. The Balaban J connectivity index is 1.78. The third-order valence-corrected chi connectivity index (χ3v) is 5.57. The normalized spacial score (nSPS) is 23.5. The minimum atomic E-state index is -0.413. The third kappa shape index (κ3) is 4.61. The number of nitrogens with one attached hydrogen (secondary N) is 3. The Morgan fingerprint density at radius 1 is 1.13 bits per heavy atom. The Labute approximate surface area is 176 Å². The van der Waals surface area contributed by atoms with Gasteiger partial charge in [0.05, 0.1) is 39.2 Å². The van der Waals surface area contributed by atoms with Gasteiger partial charge in [0.15, 0.2) is 11.5 Å². The molecule has 3 unspecified atom stereocenters. The summed E-state index contributed by atoms with van der Waals surface area (Å²) in [5.41, 5.74) is 6.20. The number of hydrazine groups is 1. The standard InChI is InChI=1S/C20H30N4O6/c1-27-7-5-6-24-10-13(17-14(11-24)20(26)23-22-17)19(25)21-12-8-15(28-2)18(30-4)16(9-12)29-3/h8-9,13-14,17,22H,5-7,10-11H2,1-4H3,(H,21,25)(H,23,26). The zero-order valence-electron chi connectivity index (χ0n) is 17.8. The van der Waals surface area contributed by atoms with Crippen LogP contribution in [-0.2, 0) is 14.3 Å². The van der Waals surface area contributed by atoms with E-state index in [9.17, 15) is 9.59 Å². The van der Waals surface area contributed by atoms with Crippen LogP contribution in [0.15, 0.2) is 12.1 Å². The molecule has 3 rings (SSSR count). The number of carbonyl (C=O) groups is 2. The number of hydrogen-bond donors (Lipinski definition) is 3. The van der Waals surface area contributed by atoms with Gasteiger partial charge in [-0.1, -0.05) is 0 Å². The number of nitrogens with zero attached hydrogens (tertiary/aromatic N) is 1. The van der Waals surface area contributed by atoms with Crippen molar-refractivity contribution in [2.75, 3.05) is 60.0 Å². The smallest absolute Gasteiger partial charge is 0.240 e. The predicted molar refractivity (Wildman–Crippen MR) is 110 cm³/mol. The maximum absolute atomic E-state index is 13.2. The number of fused-ring (bicyclic) bond motifs is 1. The molecule has 0 bridgehead atoms. The second kappa shape index (κ2) is 9.96. The van der Waals surface area contributed by atoms with Crippen LogP contribution in [0.4, 0.5) is 5.69 Å². The number of carbonyl (C=O) groups excluding carboxylic acids is 2. The fourth-order valence-electron chi connectivity index (χ4n) is 4.08. The van der Waals surface area contributed by atoms with E-state index in [2.05, 4.69) is 21.1 Å². The van der Waals surface area contributed by atoms with E-state index in [0.717, 1.165) is 13.0 Å². The highest BCUT2D eigenvalue weighted by atomic mass is 16.5. The maximum Gasteiger partial charge on any atom is 0.240 e. The highest BCUT2D eigenvalue weighted by molar-refractivity contribution is 5.95. The highest BCUT2D eigenvalue weighted by Crippen LogP contribution is 2.40. The van der Waals surface area contributed by atoms with E-state index in [1.807, 2.05) is 0 Å². The van der Waals surface area contributed by atoms with E-state index < -0.39 is 5.92 Å². The molecule has 1 aromatic carbocycles. The summed E-state index contributed by atoms with van der Waals surface area (Å²) in [4.78, 5) is 27.6. The van der Waals surface area contributed by atoms with Crippen LogP contribution in [0, 0.1) is 11.8 Å². The Hall–Kier alpha value is -2.56. The molecule has 2 heterocycles. The quantitative estimate of drug-likeness (QED) is 0.486. The third-order valence-electron chi connectivity index (χ3n) is 5.57. The SMILES string of the molecule is COCCCN1CC2C(=O)NNC2C(C(=O)Nc2cc(OC)c(OC)c(OC)c2)C1. The van der Waals surface area contributed by atoms with Crippen molar-refractivity contribution in [3.8, 4) is 17.2 Å². The lowest BCUT2D eigenvalue weighted by Crippen LogP contribution is -2.56. The van der Waals surface area contributed by atoms with E-state index in [0.29, 0.717) is 42.6 Å². The largest absolute Gasteiger partial charge is 0.493 e. The van der Waals surface area contributed by atoms with Crippen LogP contribution in [0.25, 0.3) is 0 Å². The van der Waals surface area contributed by atoms with E-state index in [1.54, 1.807) is 19.2 Å². The number of benzene rings is 1. The second-order valence-corrected chi connectivity index (χ2v) is 7.38. The Bertz CT molecular complexity index is 749. The molecule has 30 heavy (non-hydrogen) atoms. The van der Waals surface area contributed by atoms with Crippen molar-refractivity contribution in [2.45, 2.75) is 12.5 Å². The molecule has 0 saturated carbocycles. The molecule has 2 amide bonds. The fourth-order valence-corrected chi connectivity index (χ4v) is 4.08. The van der Waals surface area contributed by atoms with Gasteiger partial charge in [0.2, 0.25) is 17.6 Å². The number of methoxy groups -OCH3 is 4. The van der Waals surface area contributed by atoms with Gasteiger partial charge in [-0.15, -0.1) is 0 Å². The van der Waals surface area contributed by atoms with Crippen molar-refractivity contribution < 1.29 is 28.5 Å². The zero-order valence-corrected chi connectivity index (χ0v) is 17.8. The summed E-state index contributed by atoms with van der Waals surface area (Å²) in [6, 6.07) is 3.10. The van der Waals surface area contributed by atoms with Crippen molar-refractivity contribution in [2.24, 2.45) is 11.8 Å². The first-order valence-electron chi connectivity index (χ1n) is 9.89. The van der Waals surface area contributed by atoms with E-state index in [-0.39, 0.29) is 23.8 Å². The first kappa shape index (κ1) is 22.1. The van der Waals surface area contributed by atoms with Gasteiger partial charge in [-0.3, -0.25) is 15.0 Å². The molecule has 0 aromatic heterocycles. The lowest BCUT2D eigenvalue weighted by molar-refractivity contribution is -0.126. The van der Waals surface area contributed by atoms with Gasteiger partial charge < -0.3 is 29.2 Å². The van der Waals surface area contributed by atoms with Crippen molar-refractivity contribution in [3.63, 3.8) is 0 Å². The Kier molecular flexibility index (Phi) is 7.35. The summed E-state index contributed by atoms with van der Waals surface area (Å²) < 4.78 is 21.2. The number of piperidine rings is 1. The second-order valence-electron chi connectivity index (χ2n) is 7.38. The average molecular weight is 422 g/mol. The van der Waals surface area contributed by atoms with Gasteiger partial charge in [0, 0.05) is 51.2 Å². The number of rotatable bonds is 9. The van der Waals surface area contributed by atoms with Crippen LogP contribution in [0.2, 0.25) is 0 Å². The van der Waals surface area contributed by atoms with Gasteiger partial charge in [-0.25, -0.2) is 5.43 Å². The van der Waals surface area contributed by atoms with E-state index in [4.69, 9.17) is 18.9 Å². The number of ether oxygens (including phenoxy) is 4. The minimum Gasteiger partial charge on any atom is -0.493 e. The lowest BCUT2D eigenvalue weighted by Gasteiger charge is -2.38. The average Bonchev–Trinajstić information content (AvgIpc) is 3.13. The molecule has 166 valence electrons. The van der Waals surface area contributed by atoms with Crippen molar-refractivity contribution in [1.82, 2.24) is 15.8 Å². The van der Waals surface area contributed by atoms with Crippen LogP contribution in [-0.4, -0.2) is 77.4 Å². The Morgan fingerprint density at radius 3 is 2.43 bits per heavy atom. The molecule has 0 radical (unpaired) electrons. The molecule has 2 aliphatic rings. The van der Waals surface area contributed by atoms with Gasteiger partial charge in [0.1, 0.15) is 0 Å². The van der Waals surface area contributed by atoms with E-state index >= 15 is 0 Å². The molecule has 10 heteroatoms. The molecule has 10 nitrogen and oxygen atoms in total. The van der Waals surface area contributed by atoms with Gasteiger partial charge in [-0.2, -0.15) is 0 Å². The van der Waals surface area contributed by atoms with Crippen LogP contribution in [0.3, 0.4) is 0 Å². The van der Waals surface area contributed by atoms with Gasteiger partial charge in [-0.05, 0) is 6.42 Å². The molecule has 2 aliphatic heterocycles. The molecule has 3 N–H and O–H groups in total. The lowest BCUT2D eigenvalue weighted by atomic mass is 9.84. The predicted octanol–water partition coefficient (Wildman–Crippen LogP) is 0.238. The maximum atomic E-state index is 13.2. The minimum absolute atomic E-state index is 0.0815. The summed E-state index contributed by atoms with van der Waals surface area (Å²) in [5, 5.41) is 2.94. The van der Waals surface area contributed by atoms with Crippen LogP contribution >= 0.6 is 0 Å². The van der Waals surface area contributed by atoms with Crippen LogP contribution in [0.1, 0.15) is 6.42 Å². The molecule has 0 aliphatic carbocycles. The first-order chi connectivity index (χ1) is 14.5. The summed E-state index contributed by atoms with van der Waals surface area (Å²) in [7, 11) is 6.22. The molecular formula is C20H30N4O6. The first-order valence-corrected chi connectivity index (χ1v) is 9.89. The topological polar surface area (TPSA) is 110 Å².